The summed E-state index contributed by atoms with van der Waals surface area (Å²) in [6, 6.07) is 15.2. The Balaban J connectivity index is 2.12. The summed E-state index contributed by atoms with van der Waals surface area (Å²) < 4.78 is 10.3. The lowest BCUT2D eigenvalue weighted by Crippen LogP contribution is -2.34. The normalized spacial score (nSPS) is 11.8. The van der Waals surface area contributed by atoms with E-state index in [0.29, 0.717) is 13.0 Å². The van der Waals surface area contributed by atoms with E-state index in [9.17, 15) is 4.79 Å². The van der Waals surface area contributed by atoms with Crippen LogP contribution in [-0.4, -0.2) is 25.7 Å². The van der Waals surface area contributed by atoms with Gasteiger partial charge in [0.25, 0.3) is 0 Å². The third kappa shape index (κ3) is 3.86. The monoisotopic (exact) mass is 299 g/mol. The Morgan fingerprint density at radius 3 is 2.45 bits per heavy atom. The number of rotatable bonds is 6. The fraction of sp³-hybridized carbons (Fsp3) is 0.278. The van der Waals surface area contributed by atoms with E-state index in [4.69, 9.17) is 15.2 Å². The summed E-state index contributed by atoms with van der Waals surface area (Å²) in [7, 11) is 1.66. The smallest absolute Gasteiger partial charge is 0.323 e. The van der Waals surface area contributed by atoms with Crippen LogP contribution in [0.25, 0.3) is 11.1 Å². The number of nitrogens with two attached hydrogens (primary N) is 1. The Hall–Kier alpha value is -2.33. The van der Waals surface area contributed by atoms with Gasteiger partial charge in [-0.2, -0.15) is 0 Å². The second kappa shape index (κ2) is 7.61. The SMILES string of the molecule is CCOC(=O)[C@@H](N)Cc1ccc(-c2ccccc2OC)cc1. The van der Waals surface area contributed by atoms with Gasteiger partial charge in [-0.3, -0.25) is 4.79 Å². The summed E-state index contributed by atoms with van der Waals surface area (Å²) in [5, 5.41) is 0. The summed E-state index contributed by atoms with van der Waals surface area (Å²) in [5.41, 5.74) is 8.93. The minimum absolute atomic E-state index is 0.347. The lowest BCUT2D eigenvalue weighted by molar-refractivity contribution is -0.144. The van der Waals surface area contributed by atoms with Crippen molar-refractivity contribution in [2.75, 3.05) is 13.7 Å². The van der Waals surface area contributed by atoms with Crippen molar-refractivity contribution in [3.8, 4) is 16.9 Å². The van der Waals surface area contributed by atoms with Crippen molar-refractivity contribution < 1.29 is 14.3 Å². The highest BCUT2D eigenvalue weighted by Crippen LogP contribution is 2.29. The molecule has 0 amide bonds. The van der Waals surface area contributed by atoms with Crippen molar-refractivity contribution in [1.82, 2.24) is 0 Å². The molecule has 4 heteroatoms. The number of ether oxygens (including phenoxy) is 2. The Labute approximate surface area is 130 Å². The molecule has 2 aromatic rings. The second-order valence-electron chi connectivity index (χ2n) is 4.96. The van der Waals surface area contributed by atoms with Crippen LogP contribution in [0.3, 0.4) is 0 Å². The topological polar surface area (TPSA) is 61.5 Å². The fourth-order valence-electron chi connectivity index (χ4n) is 2.29. The van der Waals surface area contributed by atoms with E-state index in [2.05, 4.69) is 0 Å². The first-order chi connectivity index (χ1) is 10.7. The number of esters is 1. The van der Waals surface area contributed by atoms with Crippen molar-refractivity contribution >= 4 is 5.97 Å². The zero-order chi connectivity index (χ0) is 15.9. The Bertz CT molecular complexity index is 622. The van der Waals surface area contributed by atoms with Gasteiger partial charge in [0.1, 0.15) is 11.8 Å². The zero-order valence-electron chi connectivity index (χ0n) is 12.9. The maximum atomic E-state index is 11.6. The van der Waals surface area contributed by atoms with Crippen LogP contribution in [0, 0.1) is 0 Å². The van der Waals surface area contributed by atoms with Crippen LogP contribution in [0.2, 0.25) is 0 Å². The van der Waals surface area contributed by atoms with Gasteiger partial charge in [-0.1, -0.05) is 42.5 Å². The summed E-state index contributed by atoms with van der Waals surface area (Å²) in [5.74, 6) is 0.467. The zero-order valence-corrected chi connectivity index (χ0v) is 12.9. The first-order valence-electron chi connectivity index (χ1n) is 7.30. The number of carbonyl (C=O) groups is 1. The molecule has 0 saturated carbocycles. The quantitative estimate of drug-likeness (QED) is 0.833. The molecule has 0 bridgehead atoms. The van der Waals surface area contributed by atoms with Crippen molar-refractivity contribution in [2.24, 2.45) is 5.73 Å². The molecule has 0 fully saturated rings. The summed E-state index contributed by atoms with van der Waals surface area (Å²) in [4.78, 5) is 11.6. The van der Waals surface area contributed by atoms with Gasteiger partial charge in [0.2, 0.25) is 0 Å². The molecule has 4 nitrogen and oxygen atoms in total. The maximum absolute atomic E-state index is 11.6. The summed E-state index contributed by atoms with van der Waals surface area (Å²) in [6.45, 7) is 2.12. The molecule has 0 unspecified atom stereocenters. The number of para-hydroxylation sites is 1. The van der Waals surface area contributed by atoms with E-state index in [1.54, 1.807) is 14.0 Å². The first-order valence-corrected chi connectivity index (χ1v) is 7.30. The molecule has 0 aliphatic carbocycles. The average molecular weight is 299 g/mol. The Morgan fingerprint density at radius 1 is 1.14 bits per heavy atom. The molecule has 2 rings (SSSR count). The van der Waals surface area contributed by atoms with E-state index in [1.165, 1.54) is 0 Å². The first kappa shape index (κ1) is 16.0. The minimum atomic E-state index is -0.628. The van der Waals surface area contributed by atoms with Crippen LogP contribution in [0.1, 0.15) is 12.5 Å². The van der Waals surface area contributed by atoms with E-state index >= 15 is 0 Å². The third-order valence-electron chi connectivity index (χ3n) is 3.42. The van der Waals surface area contributed by atoms with Crippen molar-refractivity contribution in [2.45, 2.75) is 19.4 Å². The van der Waals surface area contributed by atoms with Gasteiger partial charge in [-0.15, -0.1) is 0 Å². The maximum Gasteiger partial charge on any atom is 0.323 e. The van der Waals surface area contributed by atoms with Crippen LogP contribution in [-0.2, 0) is 16.0 Å². The van der Waals surface area contributed by atoms with Crippen molar-refractivity contribution in [3.05, 3.63) is 54.1 Å². The molecule has 116 valence electrons. The summed E-state index contributed by atoms with van der Waals surface area (Å²) in [6.07, 6.45) is 0.463. The number of methoxy groups -OCH3 is 1. The van der Waals surface area contributed by atoms with Crippen LogP contribution >= 0.6 is 0 Å². The number of benzene rings is 2. The Kier molecular flexibility index (Phi) is 5.55. The molecular formula is C18H21NO3. The summed E-state index contributed by atoms with van der Waals surface area (Å²) >= 11 is 0. The minimum Gasteiger partial charge on any atom is -0.496 e. The van der Waals surface area contributed by atoms with Gasteiger partial charge in [-0.25, -0.2) is 0 Å². The molecule has 2 aromatic carbocycles. The van der Waals surface area contributed by atoms with Crippen LogP contribution in [0.4, 0.5) is 0 Å². The molecule has 2 N–H and O–H groups in total. The number of hydrogen-bond acceptors (Lipinski definition) is 4. The van der Waals surface area contributed by atoms with Crippen molar-refractivity contribution in [3.63, 3.8) is 0 Å². The van der Waals surface area contributed by atoms with Gasteiger partial charge in [0.05, 0.1) is 13.7 Å². The van der Waals surface area contributed by atoms with Crippen LogP contribution in [0.5, 0.6) is 5.75 Å². The molecule has 0 spiro atoms. The molecule has 0 saturated heterocycles. The lowest BCUT2D eigenvalue weighted by atomic mass is 10.0. The Morgan fingerprint density at radius 2 is 1.82 bits per heavy atom. The average Bonchev–Trinajstić information content (AvgIpc) is 2.55. The largest absolute Gasteiger partial charge is 0.496 e. The van der Waals surface area contributed by atoms with E-state index in [1.807, 2.05) is 48.5 Å². The van der Waals surface area contributed by atoms with Crippen LogP contribution in [0.15, 0.2) is 48.5 Å². The van der Waals surface area contributed by atoms with Gasteiger partial charge < -0.3 is 15.2 Å². The standard InChI is InChI=1S/C18H21NO3/c1-3-22-18(20)16(19)12-13-8-10-14(11-9-13)15-6-4-5-7-17(15)21-2/h4-11,16H,3,12,19H2,1-2H3/t16-/m0/s1. The van der Waals surface area contributed by atoms with Gasteiger partial charge in [-0.05, 0) is 30.5 Å². The highest BCUT2D eigenvalue weighted by molar-refractivity contribution is 5.76. The lowest BCUT2D eigenvalue weighted by Gasteiger charge is -2.12. The molecule has 0 heterocycles. The highest BCUT2D eigenvalue weighted by Gasteiger charge is 2.15. The second-order valence-corrected chi connectivity index (χ2v) is 4.96. The predicted octanol–water partition coefficient (Wildman–Crippen LogP) is 2.80. The van der Waals surface area contributed by atoms with Gasteiger partial charge >= 0.3 is 5.97 Å². The van der Waals surface area contributed by atoms with E-state index in [-0.39, 0.29) is 5.97 Å². The van der Waals surface area contributed by atoms with Crippen molar-refractivity contribution in [1.29, 1.82) is 0 Å². The molecule has 22 heavy (non-hydrogen) atoms. The predicted molar refractivity (Wildman–Crippen MR) is 86.7 cm³/mol. The number of carbonyl (C=O) groups excluding carboxylic acids is 1. The molecule has 0 aliphatic rings. The number of hydrogen-bond donors (Lipinski definition) is 1. The van der Waals surface area contributed by atoms with Crippen LogP contribution < -0.4 is 10.5 Å². The third-order valence-corrected chi connectivity index (χ3v) is 3.42. The van der Waals surface area contributed by atoms with Gasteiger partial charge in [0, 0.05) is 5.56 Å². The molecule has 0 aromatic heterocycles. The van der Waals surface area contributed by atoms with E-state index in [0.717, 1.165) is 22.4 Å². The van der Waals surface area contributed by atoms with E-state index < -0.39 is 6.04 Å². The molecule has 1 atom stereocenters. The molecular weight excluding hydrogens is 278 g/mol. The molecule has 0 aliphatic heterocycles. The molecule has 0 radical (unpaired) electrons. The van der Waals surface area contributed by atoms with Gasteiger partial charge in [0.15, 0.2) is 0 Å². The fourth-order valence-corrected chi connectivity index (χ4v) is 2.29. The highest BCUT2D eigenvalue weighted by atomic mass is 16.5.